The average molecular weight is 409 g/mol. The smallest absolute Gasteiger partial charge is 0.246 e. The van der Waals surface area contributed by atoms with Gasteiger partial charge >= 0.3 is 0 Å². The number of rotatable bonds is 5. The number of ether oxygens (including phenoxy) is 1. The van der Waals surface area contributed by atoms with Crippen LogP contribution in [0.3, 0.4) is 0 Å². The minimum atomic E-state index is -3.60. The Morgan fingerprint density at radius 3 is 2.44 bits per heavy atom. The maximum absolute atomic E-state index is 13.2. The molecule has 2 aromatic carbocycles. The number of nitrogens with zero attached hydrogens (tertiary/aromatic N) is 2. The van der Waals surface area contributed by atoms with Crippen molar-refractivity contribution in [1.82, 2.24) is 4.31 Å². The molecule has 1 aliphatic heterocycles. The predicted molar refractivity (Wildman–Crippen MR) is 110 cm³/mol. The van der Waals surface area contributed by atoms with E-state index in [1.54, 1.807) is 18.2 Å². The fourth-order valence-corrected chi connectivity index (χ4v) is 5.05. The molecule has 3 rings (SSSR count). The quantitative estimate of drug-likeness (QED) is 0.753. The lowest BCUT2D eigenvalue weighted by Crippen LogP contribution is -2.48. The van der Waals surface area contributed by atoms with Gasteiger partial charge in [-0.05, 0) is 56.2 Å². The summed E-state index contributed by atoms with van der Waals surface area (Å²) in [7, 11) is -3.60. The maximum atomic E-state index is 13.2. The number of hydrogen-bond donors (Lipinski definition) is 0. The lowest BCUT2D eigenvalue weighted by atomic mass is 10.1. The highest BCUT2D eigenvalue weighted by Gasteiger charge is 2.31. The van der Waals surface area contributed by atoms with Crippen LogP contribution in [-0.4, -0.2) is 45.5 Å². The Kier molecular flexibility index (Phi) is 5.99. The Hall–Kier alpha value is -1.76. The molecule has 0 unspecified atom stereocenters. The van der Waals surface area contributed by atoms with E-state index in [1.807, 2.05) is 39.0 Å². The summed E-state index contributed by atoms with van der Waals surface area (Å²) in [5.74, 6) is 0.422. The average Bonchev–Trinajstić information content (AvgIpc) is 2.64. The zero-order chi connectivity index (χ0) is 19.6. The maximum Gasteiger partial charge on any atom is 0.246 e. The first kappa shape index (κ1) is 20.0. The van der Waals surface area contributed by atoms with Gasteiger partial charge in [-0.25, -0.2) is 8.42 Å². The van der Waals surface area contributed by atoms with Crippen molar-refractivity contribution in [3.8, 4) is 5.75 Å². The summed E-state index contributed by atoms with van der Waals surface area (Å²) in [6.45, 7) is 8.28. The number of halogens is 1. The first-order valence-corrected chi connectivity index (χ1v) is 10.9. The fourth-order valence-electron chi connectivity index (χ4n) is 3.34. The van der Waals surface area contributed by atoms with E-state index in [4.69, 9.17) is 16.3 Å². The summed E-state index contributed by atoms with van der Waals surface area (Å²) in [6, 6.07) is 11.0. The molecule has 0 bridgehead atoms. The van der Waals surface area contributed by atoms with Gasteiger partial charge in [-0.1, -0.05) is 23.7 Å². The number of anilines is 1. The Morgan fingerprint density at radius 2 is 1.78 bits per heavy atom. The van der Waals surface area contributed by atoms with Gasteiger partial charge in [0.15, 0.2) is 0 Å². The second-order valence-corrected chi connectivity index (χ2v) is 8.97. The van der Waals surface area contributed by atoms with E-state index in [0.717, 1.165) is 21.8 Å². The monoisotopic (exact) mass is 408 g/mol. The highest BCUT2D eigenvalue weighted by atomic mass is 35.5. The van der Waals surface area contributed by atoms with Gasteiger partial charge in [0.05, 0.1) is 6.61 Å². The second-order valence-electron chi connectivity index (χ2n) is 6.66. The summed E-state index contributed by atoms with van der Waals surface area (Å²) in [5.41, 5.74) is 3.05. The Morgan fingerprint density at radius 1 is 1.07 bits per heavy atom. The highest BCUT2D eigenvalue weighted by Crippen LogP contribution is 2.31. The van der Waals surface area contributed by atoms with Gasteiger partial charge in [0, 0.05) is 36.9 Å². The molecule has 5 nitrogen and oxygen atoms in total. The Balaban J connectivity index is 1.80. The highest BCUT2D eigenvalue weighted by molar-refractivity contribution is 7.89. The fraction of sp³-hybridized carbons (Fsp3) is 0.400. The summed E-state index contributed by atoms with van der Waals surface area (Å²) in [6.07, 6.45) is 0. The van der Waals surface area contributed by atoms with Gasteiger partial charge < -0.3 is 9.64 Å². The molecule has 1 fully saturated rings. The lowest BCUT2D eigenvalue weighted by molar-refractivity contribution is 0.327. The Labute approximate surface area is 166 Å². The number of hydrogen-bond acceptors (Lipinski definition) is 4. The van der Waals surface area contributed by atoms with Crippen LogP contribution in [-0.2, 0) is 10.0 Å². The summed E-state index contributed by atoms with van der Waals surface area (Å²) >= 11 is 6.23. The molecule has 0 radical (unpaired) electrons. The first-order chi connectivity index (χ1) is 12.8. The zero-order valence-corrected chi connectivity index (χ0v) is 17.5. The molecule has 1 saturated heterocycles. The standard InChI is InChI=1S/C20H25ClN2O3S/c1-4-26-19-14-15(2)8-9-20(19)27(24,25)23-12-10-22(11-13-23)18-7-5-6-17(21)16(18)3/h5-9,14H,4,10-13H2,1-3H3. The van der Waals surface area contributed by atoms with E-state index < -0.39 is 10.0 Å². The van der Waals surface area contributed by atoms with E-state index in [0.29, 0.717) is 38.5 Å². The van der Waals surface area contributed by atoms with Crippen LogP contribution in [0.1, 0.15) is 18.1 Å². The van der Waals surface area contributed by atoms with Crippen LogP contribution in [0.15, 0.2) is 41.3 Å². The van der Waals surface area contributed by atoms with E-state index in [9.17, 15) is 8.42 Å². The molecule has 146 valence electrons. The van der Waals surface area contributed by atoms with Crippen LogP contribution in [0, 0.1) is 13.8 Å². The molecule has 2 aromatic rings. The third-order valence-corrected chi connectivity index (χ3v) is 7.18. The molecule has 0 atom stereocenters. The predicted octanol–water partition coefficient (Wildman–Crippen LogP) is 3.87. The largest absolute Gasteiger partial charge is 0.492 e. The third-order valence-electron chi connectivity index (χ3n) is 4.84. The molecule has 0 aromatic heterocycles. The van der Waals surface area contributed by atoms with Crippen LogP contribution in [0.4, 0.5) is 5.69 Å². The summed E-state index contributed by atoms with van der Waals surface area (Å²) in [5, 5.41) is 0.726. The SMILES string of the molecule is CCOc1cc(C)ccc1S(=O)(=O)N1CCN(c2cccc(Cl)c2C)CC1. The normalized spacial score (nSPS) is 15.8. The van der Waals surface area contributed by atoms with E-state index in [-0.39, 0.29) is 4.90 Å². The molecule has 0 aliphatic carbocycles. The minimum absolute atomic E-state index is 0.238. The van der Waals surface area contributed by atoms with Crippen LogP contribution < -0.4 is 9.64 Å². The summed E-state index contributed by atoms with van der Waals surface area (Å²) in [4.78, 5) is 2.42. The number of sulfonamides is 1. The number of aryl methyl sites for hydroxylation is 1. The molecule has 1 heterocycles. The van der Waals surface area contributed by atoms with Crippen molar-refractivity contribution in [2.24, 2.45) is 0 Å². The lowest BCUT2D eigenvalue weighted by Gasteiger charge is -2.36. The summed E-state index contributed by atoms with van der Waals surface area (Å²) < 4.78 is 33.5. The van der Waals surface area contributed by atoms with Gasteiger partial charge in [0.25, 0.3) is 0 Å². The van der Waals surface area contributed by atoms with Crippen LogP contribution in [0.25, 0.3) is 0 Å². The number of benzene rings is 2. The van der Waals surface area contributed by atoms with Gasteiger partial charge in [0.1, 0.15) is 10.6 Å². The molecule has 0 spiro atoms. The molecular formula is C20H25ClN2O3S. The second kappa shape index (κ2) is 8.09. The van der Waals surface area contributed by atoms with Crippen LogP contribution in [0.2, 0.25) is 5.02 Å². The molecule has 0 N–H and O–H groups in total. The van der Waals surface area contributed by atoms with Crippen LogP contribution >= 0.6 is 11.6 Å². The van der Waals surface area contributed by atoms with Crippen LogP contribution in [0.5, 0.6) is 5.75 Å². The molecule has 27 heavy (non-hydrogen) atoms. The first-order valence-electron chi connectivity index (χ1n) is 9.08. The molecule has 0 amide bonds. The van der Waals surface area contributed by atoms with E-state index in [2.05, 4.69) is 4.90 Å². The third kappa shape index (κ3) is 4.08. The van der Waals surface area contributed by atoms with Crippen molar-refractivity contribution in [2.75, 3.05) is 37.7 Å². The molecule has 7 heteroatoms. The van der Waals surface area contributed by atoms with Gasteiger partial charge in [0.2, 0.25) is 10.0 Å². The zero-order valence-electron chi connectivity index (χ0n) is 15.9. The van der Waals surface area contributed by atoms with Gasteiger partial charge in [-0.2, -0.15) is 4.31 Å². The van der Waals surface area contributed by atoms with Gasteiger partial charge in [-0.15, -0.1) is 0 Å². The molecule has 0 saturated carbocycles. The topological polar surface area (TPSA) is 49.9 Å². The molecular weight excluding hydrogens is 384 g/mol. The van der Waals surface area contributed by atoms with Crippen molar-refractivity contribution in [3.05, 3.63) is 52.5 Å². The van der Waals surface area contributed by atoms with Crippen molar-refractivity contribution in [3.63, 3.8) is 0 Å². The van der Waals surface area contributed by atoms with Crippen molar-refractivity contribution < 1.29 is 13.2 Å². The minimum Gasteiger partial charge on any atom is -0.492 e. The van der Waals surface area contributed by atoms with Crippen molar-refractivity contribution in [1.29, 1.82) is 0 Å². The van der Waals surface area contributed by atoms with Crippen molar-refractivity contribution in [2.45, 2.75) is 25.7 Å². The van der Waals surface area contributed by atoms with Gasteiger partial charge in [-0.3, -0.25) is 0 Å². The number of piperazine rings is 1. The molecule has 1 aliphatic rings. The Bertz CT molecular complexity index is 923. The van der Waals surface area contributed by atoms with E-state index >= 15 is 0 Å². The van der Waals surface area contributed by atoms with Crippen molar-refractivity contribution >= 4 is 27.3 Å². The van der Waals surface area contributed by atoms with E-state index in [1.165, 1.54) is 4.31 Å².